The fraction of sp³-hybridized carbons (Fsp3) is 1.00. The Morgan fingerprint density at radius 2 is 1.68 bits per heavy atom. The zero-order valence-corrected chi connectivity index (χ0v) is 14.0. The summed E-state index contributed by atoms with van der Waals surface area (Å²) in [6.07, 6.45) is 8.27. The van der Waals surface area contributed by atoms with E-state index in [0.29, 0.717) is 12.8 Å². The maximum Gasteiger partial charge on any atom is 0.0974 e. The Morgan fingerprint density at radius 3 is 2.32 bits per heavy atom. The van der Waals surface area contributed by atoms with Gasteiger partial charge in [-0.2, -0.15) is 0 Å². The Kier molecular flexibility index (Phi) is 10.2. The molecule has 22 heavy (non-hydrogen) atoms. The van der Waals surface area contributed by atoms with E-state index < -0.39 is 18.2 Å². The maximum atomic E-state index is 10.1. The molecule has 1 heterocycles. The van der Waals surface area contributed by atoms with Crippen LogP contribution >= 0.6 is 0 Å². The van der Waals surface area contributed by atoms with Crippen molar-refractivity contribution in [3.8, 4) is 0 Å². The summed E-state index contributed by atoms with van der Waals surface area (Å²) in [4.78, 5) is 0. The maximum absolute atomic E-state index is 10.1. The molecule has 0 radical (unpaired) electrons. The highest BCUT2D eigenvalue weighted by atomic mass is 16.3. The fourth-order valence-corrected chi connectivity index (χ4v) is 3.28. The first-order chi connectivity index (χ1) is 10.6. The van der Waals surface area contributed by atoms with E-state index in [0.717, 1.165) is 12.8 Å². The molecule has 0 saturated carbocycles. The number of piperidine rings is 1. The van der Waals surface area contributed by atoms with Crippen molar-refractivity contribution in [3.05, 3.63) is 0 Å². The van der Waals surface area contributed by atoms with Crippen molar-refractivity contribution in [3.63, 3.8) is 0 Å². The normalized spacial score (nSPS) is 30.4. The van der Waals surface area contributed by atoms with Crippen LogP contribution in [0.25, 0.3) is 0 Å². The molecule has 1 fully saturated rings. The number of aliphatic hydroxyl groups is 4. The van der Waals surface area contributed by atoms with E-state index in [1.54, 1.807) is 0 Å². The molecular weight excluding hydrogens is 282 g/mol. The van der Waals surface area contributed by atoms with Crippen molar-refractivity contribution in [1.29, 1.82) is 0 Å². The van der Waals surface area contributed by atoms with E-state index in [2.05, 4.69) is 12.2 Å². The van der Waals surface area contributed by atoms with Gasteiger partial charge in [0.15, 0.2) is 0 Å². The van der Waals surface area contributed by atoms with Crippen LogP contribution in [-0.2, 0) is 0 Å². The quantitative estimate of drug-likeness (QED) is 0.371. The van der Waals surface area contributed by atoms with Crippen molar-refractivity contribution < 1.29 is 20.4 Å². The van der Waals surface area contributed by atoms with Crippen LogP contribution in [0.1, 0.15) is 71.1 Å². The van der Waals surface area contributed by atoms with Gasteiger partial charge < -0.3 is 25.7 Å². The highest BCUT2D eigenvalue weighted by molar-refractivity contribution is 4.92. The molecule has 0 spiro atoms. The van der Waals surface area contributed by atoms with Crippen molar-refractivity contribution >= 4 is 0 Å². The number of hydrogen-bond donors (Lipinski definition) is 5. The SMILES string of the molecule is CCCCCCCCC[C@@H](O)C[C@H]1C[C@H](O)[C@@H](O)[C@@H](CO)N1. The molecule has 0 amide bonds. The second-order valence-electron chi connectivity index (χ2n) is 6.75. The van der Waals surface area contributed by atoms with Gasteiger partial charge >= 0.3 is 0 Å². The summed E-state index contributed by atoms with van der Waals surface area (Å²) >= 11 is 0. The Balaban J connectivity index is 2.12. The van der Waals surface area contributed by atoms with E-state index in [-0.39, 0.29) is 18.8 Å². The molecule has 5 atom stereocenters. The van der Waals surface area contributed by atoms with Crippen molar-refractivity contribution in [2.24, 2.45) is 0 Å². The molecule has 1 rings (SSSR count). The van der Waals surface area contributed by atoms with Crippen molar-refractivity contribution in [1.82, 2.24) is 5.32 Å². The van der Waals surface area contributed by atoms with Crippen LogP contribution in [0.3, 0.4) is 0 Å². The van der Waals surface area contributed by atoms with Crippen LogP contribution in [0.4, 0.5) is 0 Å². The molecule has 5 nitrogen and oxygen atoms in total. The van der Waals surface area contributed by atoms with Gasteiger partial charge in [0.2, 0.25) is 0 Å². The lowest BCUT2D eigenvalue weighted by Crippen LogP contribution is -2.59. The molecule has 0 bridgehead atoms. The van der Waals surface area contributed by atoms with Crippen LogP contribution < -0.4 is 5.32 Å². The second-order valence-corrected chi connectivity index (χ2v) is 6.75. The third-order valence-corrected chi connectivity index (χ3v) is 4.68. The molecule has 0 aromatic rings. The summed E-state index contributed by atoms with van der Waals surface area (Å²) in [5.74, 6) is 0. The van der Waals surface area contributed by atoms with E-state index in [1.165, 1.54) is 38.5 Å². The van der Waals surface area contributed by atoms with E-state index in [1.807, 2.05) is 0 Å². The summed E-state index contributed by atoms with van der Waals surface area (Å²) in [7, 11) is 0. The lowest BCUT2D eigenvalue weighted by atomic mass is 9.89. The molecule has 5 N–H and O–H groups in total. The first-order valence-electron chi connectivity index (χ1n) is 8.99. The highest BCUT2D eigenvalue weighted by Gasteiger charge is 2.35. The van der Waals surface area contributed by atoms with Crippen molar-refractivity contribution in [2.45, 2.75) is 102 Å². The number of rotatable bonds is 11. The monoisotopic (exact) mass is 317 g/mol. The predicted molar refractivity (Wildman–Crippen MR) is 87.7 cm³/mol. The van der Waals surface area contributed by atoms with Gasteiger partial charge in [0.05, 0.1) is 31.0 Å². The molecule has 132 valence electrons. The molecule has 0 aromatic carbocycles. The van der Waals surface area contributed by atoms with E-state index in [9.17, 15) is 20.4 Å². The predicted octanol–water partition coefficient (Wildman–Crippen LogP) is 1.32. The average molecular weight is 317 g/mol. The molecule has 0 aliphatic carbocycles. The molecule has 1 aliphatic heterocycles. The Labute approximate surface area is 134 Å². The van der Waals surface area contributed by atoms with E-state index >= 15 is 0 Å². The largest absolute Gasteiger partial charge is 0.395 e. The fourth-order valence-electron chi connectivity index (χ4n) is 3.28. The lowest BCUT2D eigenvalue weighted by molar-refractivity contribution is -0.0559. The summed E-state index contributed by atoms with van der Waals surface area (Å²) in [5.41, 5.74) is 0. The van der Waals surface area contributed by atoms with Crippen LogP contribution in [-0.4, -0.2) is 57.4 Å². The summed E-state index contributed by atoms with van der Waals surface area (Å²) in [6.45, 7) is 2.01. The minimum absolute atomic E-state index is 0.0462. The molecule has 5 heteroatoms. The third-order valence-electron chi connectivity index (χ3n) is 4.68. The standard InChI is InChI=1S/C17H35NO4/c1-2-3-4-5-6-7-8-9-14(20)10-13-11-16(21)17(22)15(12-19)18-13/h13-22H,2-12H2,1H3/t13-,14+,15+,16-,17-/m0/s1. The minimum Gasteiger partial charge on any atom is -0.395 e. The van der Waals surface area contributed by atoms with Gasteiger partial charge in [-0.25, -0.2) is 0 Å². The van der Waals surface area contributed by atoms with Gasteiger partial charge in [-0.1, -0.05) is 51.9 Å². The van der Waals surface area contributed by atoms with Gasteiger partial charge in [0, 0.05) is 6.04 Å². The van der Waals surface area contributed by atoms with Gasteiger partial charge in [0.1, 0.15) is 0 Å². The second kappa shape index (κ2) is 11.4. The van der Waals surface area contributed by atoms with Crippen molar-refractivity contribution in [2.75, 3.05) is 6.61 Å². The van der Waals surface area contributed by atoms with Gasteiger partial charge in [-0.05, 0) is 19.3 Å². The molecule has 1 saturated heterocycles. The van der Waals surface area contributed by atoms with Gasteiger partial charge in [-0.15, -0.1) is 0 Å². The minimum atomic E-state index is -0.929. The third kappa shape index (κ3) is 7.38. The molecule has 0 unspecified atom stereocenters. The van der Waals surface area contributed by atoms with Crippen LogP contribution in [0, 0.1) is 0 Å². The topological polar surface area (TPSA) is 93.0 Å². The van der Waals surface area contributed by atoms with E-state index in [4.69, 9.17) is 0 Å². The smallest absolute Gasteiger partial charge is 0.0974 e. The van der Waals surface area contributed by atoms with Crippen LogP contribution in [0.2, 0.25) is 0 Å². The van der Waals surface area contributed by atoms with Crippen LogP contribution in [0.15, 0.2) is 0 Å². The van der Waals surface area contributed by atoms with Gasteiger partial charge in [0.25, 0.3) is 0 Å². The summed E-state index contributed by atoms with van der Waals surface area (Å²) < 4.78 is 0. The zero-order chi connectivity index (χ0) is 16.4. The average Bonchev–Trinajstić information content (AvgIpc) is 2.49. The first kappa shape index (κ1) is 19.8. The van der Waals surface area contributed by atoms with Crippen LogP contribution in [0.5, 0.6) is 0 Å². The molecule has 1 aliphatic rings. The molecular formula is C17H35NO4. The van der Waals surface area contributed by atoms with Gasteiger partial charge in [-0.3, -0.25) is 0 Å². The number of hydrogen-bond acceptors (Lipinski definition) is 5. The zero-order valence-electron chi connectivity index (χ0n) is 14.0. The summed E-state index contributed by atoms with van der Waals surface area (Å²) in [6, 6.07) is -0.547. The Morgan fingerprint density at radius 1 is 1.05 bits per heavy atom. The lowest BCUT2D eigenvalue weighted by Gasteiger charge is -2.38. The Bertz CT molecular complexity index is 277. The number of aliphatic hydroxyl groups excluding tert-OH is 4. The summed E-state index contributed by atoms with van der Waals surface area (Å²) in [5, 5.41) is 41.9. The highest BCUT2D eigenvalue weighted by Crippen LogP contribution is 2.20. The Hall–Kier alpha value is -0.200. The first-order valence-corrected chi connectivity index (χ1v) is 8.99. The number of unbranched alkanes of at least 4 members (excludes halogenated alkanes) is 6. The molecule has 0 aromatic heterocycles. The number of nitrogens with one attached hydrogen (secondary N) is 1.